The lowest BCUT2D eigenvalue weighted by Crippen LogP contribution is -1.99. The molecule has 0 atom stereocenters. The summed E-state index contributed by atoms with van der Waals surface area (Å²) >= 11 is 1.42. The second-order valence-electron chi connectivity index (χ2n) is 4.48. The number of para-hydroxylation sites is 1. The van der Waals surface area contributed by atoms with E-state index < -0.39 is 0 Å². The van der Waals surface area contributed by atoms with E-state index in [1.807, 2.05) is 20.8 Å². The van der Waals surface area contributed by atoms with Crippen LogP contribution in [0.15, 0.2) is 29.4 Å². The van der Waals surface area contributed by atoms with Gasteiger partial charge in [-0.05, 0) is 26.3 Å². The van der Waals surface area contributed by atoms with E-state index in [0.717, 1.165) is 17.0 Å². The van der Waals surface area contributed by atoms with E-state index in [4.69, 9.17) is 0 Å². The highest BCUT2D eigenvalue weighted by Crippen LogP contribution is 2.26. The SMILES string of the molecule is Cc1nc(SCc2ccccc2[N+](=O)[O-])nc(C)c1C. The zero-order valence-electron chi connectivity index (χ0n) is 11.6. The normalized spacial score (nSPS) is 10.6. The summed E-state index contributed by atoms with van der Waals surface area (Å²) < 4.78 is 0. The van der Waals surface area contributed by atoms with Gasteiger partial charge in [0.25, 0.3) is 5.69 Å². The van der Waals surface area contributed by atoms with Crippen molar-refractivity contribution in [1.29, 1.82) is 0 Å². The van der Waals surface area contributed by atoms with Crippen LogP contribution in [-0.2, 0) is 5.75 Å². The molecule has 1 aromatic heterocycles. The summed E-state index contributed by atoms with van der Waals surface area (Å²) in [7, 11) is 0. The van der Waals surface area contributed by atoms with Gasteiger partial charge in [0.15, 0.2) is 5.16 Å². The quantitative estimate of drug-likeness (QED) is 0.372. The Bertz CT molecular complexity index is 636. The van der Waals surface area contributed by atoms with Gasteiger partial charge in [0, 0.05) is 28.8 Å². The molecule has 2 rings (SSSR count). The van der Waals surface area contributed by atoms with E-state index in [1.54, 1.807) is 18.2 Å². The van der Waals surface area contributed by atoms with Crippen molar-refractivity contribution in [2.45, 2.75) is 31.7 Å². The summed E-state index contributed by atoms with van der Waals surface area (Å²) in [6.07, 6.45) is 0. The molecule has 0 unspecified atom stereocenters. The van der Waals surface area contributed by atoms with Crippen LogP contribution >= 0.6 is 11.8 Å². The minimum absolute atomic E-state index is 0.139. The molecule has 1 aromatic carbocycles. The van der Waals surface area contributed by atoms with Crippen LogP contribution in [0.4, 0.5) is 5.69 Å². The molecule has 6 heteroatoms. The highest BCUT2D eigenvalue weighted by atomic mass is 32.2. The number of rotatable bonds is 4. The maximum atomic E-state index is 11.0. The van der Waals surface area contributed by atoms with Crippen molar-refractivity contribution < 1.29 is 4.92 Å². The molecule has 5 nitrogen and oxygen atoms in total. The molecule has 0 N–H and O–H groups in total. The molecule has 1 heterocycles. The van der Waals surface area contributed by atoms with Gasteiger partial charge in [-0.25, -0.2) is 9.97 Å². The minimum atomic E-state index is -0.359. The summed E-state index contributed by atoms with van der Waals surface area (Å²) in [6, 6.07) is 6.75. The molecule has 20 heavy (non-hydrogen) atoms. The van der Waals surface area contributed by atoms with Crippen molar-refractivity contribution in [2.75, 3.05) is 0 Å². The first kappa shape index (κ1) is 14.5. The largest absolute Gasteiger partial charge is 0.273 e. The zero-order chi connectivity index (χ0) is 14.7. The molecular formula is C14H15N3O2S. The fourth-order valence-electron chi connectivity index (χ4n) is 1.76. The van der Waals surface area contributed by atoms with Crippen LogP contribution in [0.3, 0.4) is 0 Å². The third-order valence-corrected chi connectivity index (χ3v) is 4.05. The fraction of sp³-hybridized carbons (Fsp3) is 0.286. The summed E-state index contributed by atoms with van der Waals surface area (Å²) in [5.41, 5.74) is 3.80. The first-order valence-electron chi connectivity index (χ1n) is 6.16. The van der Waals surface area contributed by atoms with E-state index in [1.165, 1.54) is 17.8 Å². The Morgan fingerprint density at radius 1 is 1.15 bits per heavy atom. The summed E-state index contributed by atoms with van der Waals surface area (Å²) in [5, 5.41) is 11.6. The van der Waals surface area contributed by atoms with Crippen LogP contribution in [0.5, 0.6) is 0 Å². The first-order chi connectivity index (χ1) is 9.49. The molecule has 2 aromatic rings. The first-order valence-corrected chi connectivity index (χ1v) is 7.14. The van der Waals surface area contributed by atoms with Crippen molar-refractivity contribution in [1.82, 2.24) is 9.97 Å². The number of benzene rings is 1. The lowest BCUT2D eigenvalue weighted by molar-refractivity contribution is -0.385. The van der Waals surface area contributed by atoms with Crippen LogP contribution in [0.2, 0.25) is 0 Å². The van der Waals surface area contributed by atoms with Crippen molar-refractivity contribution in [3.05, 3.63) is 56.9 Å². The molecule has 104 valence electrons. The van der Waals surface area contributed by atoms with Gasteiger partial charge in [-0.3, -0.25) is 10.1 Å². The zero-order valence-corrected chi connectivity index (χ0v) is 12.4. The third-order valence-electron chi connectivity index (χ3n) is 3.16. The second kappa shape index (κ2) is 6.00. The Morgan fingerprint density at radius 3 is 2.35 bits per heavy atom. The molecule has 0 bridgehead atoms. The number of thioether (sulfide) groups is 1. The predicted octanol–water partition coefficient (Wildman–Crippen LogP) is 3.60. The van der Waals surface area contributed by atoms with Gasteiger partial charge in [-0.15, -0.1) is 0 Å². The molecule has 0 aliphatic rings. The smallest absolute Gasteiger partial charge is 0.258 e. The predicted molar refractivity (Wildman–Crippen MR) is 78.9 cm³/mol. The molecule has 0 saturated carbocycles. The highest BCUT2D eigenvalue weighted by molar-refractivity contribution is 7.98. The maximum Gasteiger partial charge on any atom is 0.273 e. The molecule has 0 saturated heterocycles. The lowest BCUT2D eigenvalue weighted by Gasteiger charge is -2.07. The Morgan fingerprint density at radius 2 is 1.75 bits per heavy atom. The van der Waals surface area contributed by atoms with E-state index in [0.29, 0.717) is 16.5 Å². The average molecular weight is 289 g/mol. The fourth-order valence-corrected chi connectivity index (χ4v) is 2.69. The number of aromatic nitrogens is 2. The van der Waals surface area contributed by atoms with Crippen LogP contribution < -0.4 is 0 Å². The van der Waals surface area contributed by atoms with Gasteiger partial charge in [0.2, 0.25) is 0 Å². The molecule has 0 fully saturated rings. The molecule has 0 aliphatic carbocycles. The Kier molecular flexibility index (Phi) is 4.34. The summed E-state index contributed by atoms with van der Waals surface area (Å²) in [6.45, 7) is 5.87. The van der Waals surface area contributed by atoms with Crippen LogP contribution in [-0.4, -0.2) is 14.9 Å². The molecule has 0 aliphatic heterocycles. The third kappa shape index (κ3) is 3.14. The van der Waals surface area contributed by atoms with Gasteiger partial charge in [0.05, 0.1) is 4.92 Å². The highest BCUT2D eigenvalue weighted by Gasteiger charge is 2.13. The van der Waals surface area contributed by atoms with Gasteiger partial charge < -0.3 is 0 Å². The van der Waals surface area contributed by atoms with E-state index in [-0.39, 0.29) is 10.6 Å². The average Bonchev–Trinajstić information content (AvgIpc) is 2.42. The molecular weight excluding hydrogens is 274 g/mol. The number of nitro benzene ring substituents is 1. The van der Waals surface area contributed by atoms with Crippen molar-refractivity contribution in [3.8, 4) is 0 Å². The Hall–Kier alpha value is -1.95. The standard InChI is InChI=1S/C14H15N3O2S/c1-9-10(2)15-14(16-11(9)3)20-8-12-6-4-5-7-13(12)17(18)19/h4-7H,8H2,1-3H3. The topological polar surface area (TPSA) is 68.9 Å². The van der Waals surface area contributed by atoms with Crippen LogP contribution in [0.25, 0.3) is 0 Å². The second-order valence-corrected chi connectivity index (χ2v) is 5.42. The van der Waals surface area contributed by atoms with E-state index in [9.17, 15) is 10.1 Å². The Balaban J connectivity index is 2.19. The number of nitrogens with zero attached hydrogens (tertiary/aromatic N) is 3. The van der Waals surface area contributed by atoms with E-state index >= 15 is 0 Å². The number of hydrogen-bond acceptors (Lipinski definition) is 5. The van der Waals surface area contributed by atoms with Crippen LogP contribution in [0, 0.1) is 30.9 Å². The summed E-state index contributed by atoms with van der Waals surface area (Å²) in [4.78, 5) is 19.4. The van der Waals surface area contributed by atoms with E-state index in [2.05, 4.69) is 9.97 Å². The Labute approximate surface area is 121 Å². The van der Waals surface area contributed by atoms with Crippen molar-refractivity contribution >= 4 is 17.4 Å². The number of nitro groups is 1. The van der Waals surface area contributed by atoms with Gasteiger partial charge in [-0.1, -0.05) is 30.0 Å². The molecule has 0 spiro atoms. The molecule has 0 radical (unpaired) electrons. The summed E-state index contributed by atoms with van der Waals surface area (Å²) in [5.74, 6) is 0.485. The molecule has 0 amide bonds. The monoisotopic (exact) mass is 289 g/mol. The van der Waals surface area contributed by atoms with Gasteiger partial charge >= 0.3 is 0 Å². The van der Waals surface area contributed by atoms with Crippen molar-refractivity contribution in [3.63, 3.8) is 0 Å². The maximum absolute atomic E-state index is 11.0. The van der Waals surface area contributed by atoms with Crippen molar-refractivity contribution in [2.24, 2.45) is 0 Å². The minimum Gasteiger partial charge on any atom is -0.258 e. The van der Waals surface area contributed by atoms with Gasteiger partial charge in [-0.2, -0.15) is 0 Å². The number of hydrogen-bond donors (Lipinski definition) is 0. The van der Waals surface area contributed by atoms with Gasteiger partial charge in [0.1, 0.15) is 0 Å². The number of aryl methyl sites for hydroxylation is 2. The van der Waals surface area contributed by atoms with Crippen LogP contribution in [0.1, 0.15) is 22.5 Å². The lowest BCUT2D eigenvalue weighted by atomic mass is 10.2.